The highest BCUT2D eigenvalue weighted by atomic mass is 16.3. The van der Waals surface area contributed by atoms with E-state index in [9.17, 15) is 0 Å². The van der Waals surface area contributed by atoms with Crippen molar-refractivity contribution in [2.45, 2.75) is 13.8 Å². The number of hydrogen-bond donors (Lipinski definition) is 1. The first-order valence-electron chi connectivity index (χ1n) is 6.88. The molecule has 0 radical (unpaired) electrons. The number of furan rings is 1. The molecule has 4 rings (SSSR count). The van der Waals surface area contributed by atoms with E-state index in [1.807, 2.05) is 62.5 Å². The summed E-state index contributed by atoms with van der Waals surface area (Å²) in [5, 5.41) is 2.44. The van der Waals surface area contributed by atoms with E-state index in [0.717, 1.165) is 11.0 Å². The van der Waals surface area contributed by atoms with E-state index in [2.05, 4.69) is 23.2 Å². The Morgan fingerprint density at radius 2 is 1.45 bits per heavy atom. The second kappa shape index (κ2) is 7.19. The highest BCUT2D eigenvalue weighted by molar-refractivity contribution is 5.78. The van der Waals surface area contributed by atoms with Crippen LogP contribution in [0.1, 0.15) is 13.8 Å². The lowest BCUT2D eigenvalue weighted by molar-refractivity contribution is 0.616. The zero-order chi connectivity index (χ0) is 14.2. The maximum Gasteiger partial charge on any atom is 0.133 e. The van der Waals surface area contributed by atoms with E-state index < -0.39 is 0 Å². The molecule has 2 aromatic heterocycles. The van der Waals surface area contributed by atoms with Crippen molar-refractivity contribution in [1.82, 2.24) is 4.98 Å². The highest BCUT2D eigenvalue weighted by Crippen LogP contribution is 2.12. The summed E-state index contributed by atoms with van der Waals surface area (Å²) in [6.45, 7) is 4.00. The van der Waals surface area contributed by atoms with Crippen LogP contribution in [0.15, 0.2) is 77.5 Å². The number of para-hydroxylation sites is 2. The van der Waals surface area contributed by atoms with Crippen LogP contribution in [0.5, 0.6) is 0 Å². The Labute approximate surface area is 119 Å². The Morgan fingerprint density at radius 3 is 2.20 bits per heavy atom. The summed E-state index contributed by atoms with van der Waals surface area (Å²) in [5.41, 5.74) is 2.16. The van der Waals surface area contributed by atoms with Crippen LogP contribution >= 0.6 is 0 Å². The molecule has 0 aliphatic carbocycles. The normalized spacial score (nSPS) is 9.50. The lowest BCUT2D eigenvalue weighted by Crippen LogP contribution is -1.61. The quantitative estimate of drug-likeness (QED) is 0.439. The fourth-order valence-corrected chi connectivity index (χ4v) is 1.90. The van der Waals surface area contributed by atoms with Crippen molar-refractivity contribution in [3.8, 4) is 0 Å². The average molecular weight is 265 g/mol. The molecule has 0 fully saturated rings. The van der Waals surface area contributed by atoms with Crippen LogP contribution in [-0.4, -0.2) is 4.98 Å². The van der Waals surface area contributed by atoms with E-state index >= 15 is 0 Å². The number of aromatic nitrogens is 1. The van der Waals surface area contributed by atoms with Gasteiger partial charge in [-0.1, -0.05) is 50.2 Å². The molecule has 1 N–H and O–H groups in total. The fraction of sp³-hybridized carbons (Fsp3) is 0.111. The lowest BCUT2D eigenvalue weighted by Gasteiger charge is -1.83. The topological polar surface area (TPSA) is 28.9 Å². The molecule has 0 aliphatic heterocycles. The van der Waals surface area contributed by atoms with E-state index in [1.54, 1.807) is 6.26 Å². The third-order valence-electron chi connectivity index (χ3n) is 2.82. The molecule has 2 heterocycles. The minimum absolute atomic E-state index is 0.956. The van der Waals surface area contributed by atoms with Gasteiger partial charge < -0.3 is 9.40 Å². The molecule has 0 bridgehead atoms. The van der Waals surface area contributed by atoms with Crippen LogP contribution in [0.2, 0.25) is 0 Å². The van der Waals surface area contributed by atoms with E-state index in [4.69, 9.17) is 4.42 Å². The number of nitrogens with one attached hydrogen (secondary N) is 1. The van der Waals surface area contributed by atoms with Crippen LogP contribution in [0.4, 0.5) is 0 Å². The maximum absolute atomic E-state index is 5.12. The standard InChI is InChI=1S/C8H7N.C8H6O.C2H6/c2*1-2-4-8-7(3-1)5-6-9-8;1-2/h1-6,9H;1-6H;1-2H3. The summed E-state index contributed by atoms with van der Waals surface area (Å²) in [7, 11) is 0. The first-order chi connectivity index (χ1) is 9.93. The van der Waals surface area contributed by atoms with Crippen LogP contribution in [0, 0.1) is 0 Å². The monoisotopic (exact) mass is 265 g/mol. The Kier molecular flexibility index (Phi) is 5.01. The van der Waals surface area contributed by atoms with E-state index in [0.29, 0.717) is 0 Å². The van der Waals surface area contributed by atoms with Crippen LogP contribution in [-0.2, 0) is 0 Å². The van der Waals surface area contributed by atoms with Crippen molar-refractivity contribution in [3.63, 3.8) is 0 Å². The molecule has 0 amide bonds. The van der Waals surface area contributed by atoms with Gasteiger partial charge in [0.25, 0.3) is 0 Å². The van der Waals surface area contributed by atoms with Gasteiger partial charge in [0.15, 0.2) is 0 Å². The van der Waals surface area contributed by atoms with Gasteiger partial charge in [-0.05, 0) is 29.7 Å². The molecule has 0 saturated heterocycles. The lowest BCUT2D eigenvalue weighted by atomic mass is 10.3. The fourth-order valence-electron chi connectivity index (χ4n) is 1.90. The number of aromatic amines is 1. The summed E-state index contributed by atoms with van der Waals surface area (Å²) in [4.78, 5) is 3.12. The van der Waals surface area contributed by atoms with Crippen LogP contribution < -0.4 is 0 Å². The molecule has 20 heavy (non-hydrogen) atoms. The SMILES string of the molecule is CC.c1ccc2[nH]ccc2c1.c1ccc2occc2c1. The second-order valence-electron chi connectivity index (χ2n) is 4.02. The Bertz CT molecular complexity index is 625. The van der Waals surface area contributed by atoms with Crippen molar-refractivity contribution in [3.05, 3.63) is 73.1 Å². The number of rotatable bonds is 0. The number of fused-ring (bicyclic) bond motifs is 2. The summed E-state index contributed by atoms with van der Waals surface area (Å²) in [6.07, 6.45) is 3.65. The van der Waals surface area contributed by atoms with Gasteiger partial charge in [-0.25, -0.2) is 0 Å². The molecule has 0 unspecified atom stereocenters. The van der Waals surface area contributed by atoms with Gasteiger partial charge in [0.05, 0.1) is 6.26 Å². The zero-order valence-electron chi connectivity index (χ0n) is 11.8. The zero-order valence-corrected chi connectivity index (χ0v) is 11.8. The van der Waals surface area contributed by atoms with Gasteiger partial charge >= 0.3 is 0 Å². The van der Waals surface area contributed by atoms with Gasteiger partial charge in [0, 0.05) is 17.1 Å². The molecule has 2 nitrogen and oxygen atoms in total. The van der Waals surface area contributed by atoms with Crippen molar-refractivity contribution in [2.24, 2.45) is 0 Å². The predicted molar refractivity (Wildman–Crippen MR) is 85.9 cm³/mol. The first-order valence-corrected chi connectivity index (χ1v) is 6.88. The average Bonchev–Trinajstić information content (AvgIpc) is 3.18. The van der Waals surface area contributed by atoms with Gasteiger partial charge in [-0.3, -0.25) is 0 Å². The minimum atomic E-state index is 0.956. The van der Waals surface area contributed by atoms with Crippen molar-refractivity contribution in [2.75, 3.05) is 0 Å². The molecular formula is C18H19NO. The predicted octanol–water partition coefficient (Wildman–Crippen LogP) is 5.63. The number of benzene rings is 2. The van der Waals surface area contributed by atoms with E-state index in [-0.39, 0.29) is 0 Å². The van der Waals surface area contributed by atoms with Gasteiger partial charge in [-0.15, -0.1) is 0 Å². The highest BCUT2D eigenvalue weighted by Gasteiger charge is 1.89. The van der Waals surface area contributed by atoms with Gasteiger partial charge in [-0.2, -0.15) is 0 Å². The van der Waals surface area contributed by atoms with Crippen LogP contribution in [0.3, 0.4) is 0 Å². The Morgan fingerprint density at radius 1 is 0.750 bits per heavy atom. The third kappa shape index (κ3) is 3.29. The van der Waals surface area contributed by atoms with Gasteiger partial charge in [0.1, 0.15) is 5.58 Å². The van der Waals surface area contributed by atoms with Crippen molar-refractivity contribution in [1.29, 1.82) is 0 Å². The molecule has 0 aliphatic rings. The molecule has 102 valence electrons. The largest absolute Gasteiger partial charge is 0.464 e. The summed E-state index contributed by atoms with van der Waals surface area (Å²) < 4.78 is 5.12. The number of H-pyrrole nitrogens is 1. The molecule has 2 aromatic carbocycles. The van der Waals surface area contributed by atoms with Gasteiger partial charge in [0.2, 0.25) is 0 Å². The molecule has 4 aromatic rings. The molecular weight excluding hydrogens is 246 g/mol. The smallest absolute Gasteiger partial charge is 0.133 e. The first kappa shape index (κ1) is 13.9. The summed E-state index contributed by atoms with van der Waals surface area (Å²) in [5.74, 6) is 0. The third-order valence-corrected chi connectivity index (χ3v) is 2.82. The van der Waals surface area contributed by atoms with Crippen LogP contribution in [0.25, 0.3) is 21.9 Å². The Balaban J connectivity index is 0.000000131. The Hall–Kier alpha value is -2.48. The molecule has 0 saturated carbocycles. The molecule has 0 spiro atoms. The number of hydrogen-bond acceptors (Lipinski definition) is 1. The van der Waals surface area contributed by atoms with Crippen molar-refractivity contribution < 1.29 is 4.42 Å². The summed E-state index contributed by atoms with van der Waals surface area (Å²) in [6, 6.07) is 20.2. The molecule has 0 atom stereocenters. The van der Waals surface area contributed by atoms with Crippen molar-refractivity contribution >= 4 is 21.9 Å². The molecule has 2 heteroatoms. The maximum atomic E-state index is 5.12. The van der Waals surface area contributed by atoms with E-state index in [1.165, 1.54) is 10.9 Å². The second-order valence-corrected chi connectivity index (χ2v) is 4.02. The summed E-state index contributed by atoms with van der Waals surface area (Å²) >= 11 is 0. The minimum Gasteiger partial charge on any atom is -0.464 e.